The lowest BCUT2D eigenvalue weighted by molar-refractivity contribution is -0.139. The molecule has 3 unspecified atom stereocenters. The molecule has 0 bridgehead atoms. The van der Waals surface area contributed by atoms with Crippen LogP contribution in [0.5, 0.6) is 11.5 Å². The quantitative estimate of drug-likeness (QED) is 0.188. The summed E-state index contributed by atoms with van der Waals surface area (Å²) in [5.41, 5.74) is 1.74. The van der Waals surface area contributed by atoms with Crippen LogP contribution in [0.15, 0.2) is 60.7 Å². The minimum absolute atomic E-state index is 0.0516. The number of rotatable bonds is 13. The predicted octanol–water partition coefficient (Wildman–Crippen LogP) is 3.36. The lowest BCUT2D eigenvalue weighted by Crippen LogP contribution is -2.54. The Labute approximate surface area is 252 Å². The van der Waals surface area contributed by atoms with E-state index < -0.39 is 24.2 Å². The van der Waals surface area contributed by atoms with Gasteiger partial charge in [-0.3, -0.25) is 9.59 Å². The zero-order valence-corrected chi connectivity index (χ0v) is 25.1. The van der Waals surface area contributed by atoms with Crippen molar-refractivity contribution in [3.05, 3.63) is 80.4 Å². The van der Waals surface area contributed by atoms with Crippen LogP contribution in [0.3, 0.4) is 0 Å². The second kappa shape index (κ2) is 15.4. The third kappa shape index (κ3) is 8.20. The minimum Gasteiger partial charge on any atom is -0.493 e. The van der Waals surface area contributed by atoms with Crippen molar-refractivity contribution in [2.45, 2.75) is 50.7 Å². The van der Waals surface area contributed by atoms with Gasteiger partial charge >= 0.3 is 0 Å². The first-order chi connectivity index (χ1) is 19.2. The molecule has 0 spiro atoms. The molecule has 11 heteroatoms. The second-order valence-corrected chi connectivity index (χ2v) is 10.9. The number of ether oxygens (including phenoxy) is 2. The molecule has 4 N–H and O–H groups in total. The van der Waals surface area contributed by atoms with Crippen molar-refractivity contribution in [2.75, 3.05) is 20.3 Å². The van der Waals surface area contributed by atoms with Crippen molar-refractivity contribution in [2.24, 2.45) is 0 Å². The van der Waals surface area contributed by atoms with Gasteiger partial charge in [0.25, 0.3) is 0 Å². The first-order valence-electron chi connectivity index (χ1n) is 12.8. The standard InChI is InChI=1S/C29H34ClIN2O7/c1-3-4-5-26(36)33(16-18-6-8-21(30)9-7-18)23-14-20(29(38)32-10-11-34)15-24(27(23)37)40-28-22(31)12-19(17-35)13-25(28)39-2/h3,6-9,12-13,15,23-24,27,34-35,37H,1,4-5,10-11,14,16-17H2,2H3,(H,32,38). The maximum Gasteiger partial charge on any atom is 0.247 e. The number of amides is 2. The Kier molecular flexibility index (Phi) is 12.3. The van der Waals surface area contributed by atoms with E-state index in [1.54, 1.807) is 47.4 Å². The fraction of sp³-hybridized carbons (Fsp3) is 0.379. The Morgan fingerprint density at radius 2 is 1.95 bits per heavy atom. The Balaban J connectivity index is 2.03. The van der Waals surface area contributed by atoms with Gasteiger partial charge in [-0.05, 0) is 70.5 Å². The molecule has 0 saturated heterocycles. The smallest absolute Gasteiger partial charge is 0.247 e. The summed E-state index contributed by atoms with van der Waals surface area (Å²) in [4.78, 5) is 28.1. The van der Waals surface area contributed by atoms with E-state index in [4.69, 9.17) is 21.1 Å². The number of aliphatic hydroxyl groups is 3. The lowest BCUT2D eigenvalue weighted by atomic mass is 9.87. The van der Waals surface area contributed by atoms with Crippen molar-refractivity contribution in [1.29, 1.82) is 0 Å². The van der Waals surface area contributed by atoms with Gasteiger partial charge < -0.3 is 35.0 Å². The molecule has 0 saturated carbocycles. The highest BCUT2D eigenvalue weighted by molar-refractivity contribution is 14.1. The average Bonchev–Trinajstić information content (AvgIpc) is 2.96. The third-order valence-corrected chi connectivity index (χ3v) is 7.54. The van der Waals surface area contributed by atoms with Gasteiger partial charge in [-0.15, -0.1) is 6.58 Å². The van der Waals surface area contributed by atoms with Crippen molar-refractivity contribution in [1.82, 2.24) is 10.2 Å². The highest BCUT2D eigenvalue weighted by atomic mass is 127. The summed E-state index contributed by atoms with van der Waals surface area (Å²) in [5, 5.41) is 33.6. The Hall–Kier alpha value is -2.64. The molecule has 2 amide bonds. The van der Waals surface area contributed by atoms with Crippen LogP contribution in [-0.2, 0) is 22.7 Å². The van der Waals surface area contributed by atoms with E-state index in [9.17, 15) is 24.9 Å². The van der Waals surface area contributed by atoms with E-state index in [2.05, 4.69) is 34.5 Å². The molecule has 3 atom stereocenters. The van der Waals surface area contributed by atoms with Gasteiger partial charge in [0.05, 0.1) is 29.9 Å². The van der Waals surface area contributed by atoms with Gasteiger partial charge in [0.2, 0.25) is 11.8 Å². The van der Waals surface area contributed by atoms with E-state index in [0.717, 1.165) is 5.56 Å². The maximum absolute atomic E-state index is 13.5. The number of hydrogen-bond acceptors (Lipinski definition) is 7. The monoisotopic (exact) mass is 684 g/mol. The van der Waals surface area contributed by atoms with Gasteiger partial charge in [0.1, 0.15) is 12.2 Å². The van der Waals surface area contributed by atoms with Gasteiger partial charge in [0.15, 0.2) is 11.5 Å². The number of carbonyl (C=O) groups excluding carboxylic acids is 2. The van der Waals surface area contributed by atoms with Crippen LogP contribution >= 0.6 is 34.2 Å². The van der Waals surface area contributed by atoms with Crippen LogP contribution in [0.1, 0.15) is 30.4 Å². The van der Waals surface area contributed by atoms with E-state index in [-0.39, 0.29) is 45.1 Å². The first kappa shape index (κ1) is 31.9. The molecular formula is C29H34ClIN2O7. The predicted molar refractivity (Wildman–Crippen MR) is 160 cm³/mol. The van der Waals surface area contributed by atoms with Crippen molar-refractivity contribution >= 4 is 46.0 Å². The molecule has 216 valence electrons. The van der Waals surface area contributed by atoms with Crippen molar-refractivity contribution in [3.63, 3.8) is 0 Å². The molecule has 2 aromatic rings. The van der Waals surface area contributed by atoms with Gasteiger partial charge in [-0.2, -0.15) is 0 Å². The SMILES string of the molecule is C=CCCC(=O)N(Cc1ccc(Cl)cc1)C1CC(C(=O)NCCO)=CC(Oc2c(I)cc(CO)cc2OC)C1O. The molecule has 40 heavy (non-hydrogen) atoms. The number of benzene rings is 2. The molecular weight excluding hydrogens is 651 g/mol. The molecule has 0 aromatic heterocycles. The fourth-order valence-corrected chi connectivity index (χ4v) is 5.36. The largest absolute Gasteiger partial charge is 0.493 e. The van der Waals surface area contributed by atoms with Gasteiger partial charge in [-0.1, -0.05) is 29.8 Å². The molecule has 0 heterocycles. The molecule has 3 rings (SSSR count). The highest BCUT2D eigenvalue weighted by Gasteiger charge is 2.40. The molecule has 1 aliphatic carbocycles. The maximum atomic E-state index is 13.5. The van der Waals surface area contributed by atoms with E-state index in [1.165, 1.54) is 13.2 Å². The molecule has 2 aromatic carbocycles. The highest BCUT2D eigenvalue weighted by Crippen LogP contribution is 2.37. The van der Waals surface area contributed by atoms with Crippen molar-refractivity contribution < 1.29 is 34.4 Å². The Morgan fingerprint density at radius 3 is 2.58 bits per heavy atom. The van der Waals surface area contributed by atoms with E-state index >= 15 is 0 Å². The molecule has 9 nitrogen and oxygen atoms in total. The number of allylic oxidation sites excluding steroid dienone is 1. The lowest BCUT2D eigenvalue weighted by Gasteiger charge is -2.41. The van der Waals surface area contributed by atoms with Crippen LogP contribution in [0.25, 0.3) is 0 Å². The number of carbonyl (C=O) groups is 2. The molecule has 1 aliphatic rings. The van der Waals surface area contributed by atoms with Crippen LogP contribution < -0.4 is 14.8 Å². The zero-order valence-electron chi connectivity index (χ0n) is 22.2. The molecule has 0 aliphatic heterocycles. The number of aliphatic hydroxyl groups excluding tert-OH is 3. The molecule has 0 fully saturated rings. The summed E-state index contributed by atoms with van der Waals surface area (Å²) in [7, 11) is 1.47. The topological polar surface area (TPSA) is 129 Å². The number of methoxy groups -OCH3 is 1. The number of hydrogen-bond donors (Lipinski definition) is 4. The third-order valence-electron chi connectivity index (χ3n) is 6.49. The van der Waals surface area contributed by atoms with E-state index in [1.807, 2.05) is 0 Å². The summed E-state index contributed by atoms with van der Waals surface area (Å²) in [5.74, 6) is 0.0413. The van der Waals surface area contributed by atoms with Gasteiger partial charge in [-0.25, -0.2) is 0 Å². The van der Waals surface area contributed by atoms with Crippen LogP contribution in [0.4, 0.5) is 0 Å². The summed E-state index contributed by atoms with van der Waals surface area (Å²) in [6, 6.07) is 9.62. The van der Waals surface area contributed by atoms with Crippen molar-refractivity contribution in [3.8, 4) is 11.5 Å². The normalized spacial score (nSPS) is 18.4. The number of nitrogens with one attached hydrogen (secondary N) is 1. The van der Waals surface area contributed by atoms with Crippen LogP contribution in [0.2, 0.25) is 5.02 Å². The Morgan fingerprint density at radius 1 is 1.23 bits per heavy atom. The number of halogens is 2. The van der Waals surface area contributed by atoms with Crippen LogP contribution in [-0.4, -0.2) is 70.5 Å². The summed E-state index contributed by atoms with van der Waals surface area (Å²) in [6.07, 6.45) is 1.67. The minimum atomic E-state index is -1.20. The van der Waals surface area contributed by atoms with Crippen LogP contribution in [0, 0.1) is 3.57 Å². The zero-order chi connectivity index (χ0) is 29.2. The first-order valence-corrected chi connectivity index (χ1v) is 14.2. The second-order valence-electron chi connectivity index (χ2n) is 9.26. The summed E-state index contributed by atoms with van der Waals surface area (Å²) >= 11 is 8.11. The fourth-order valence-electron chi connectivity index (χ4n) is 4.44. The summed E-state index contributed by atoms with van der Waals surface area (Å²) < 4.78 is 12.4. The molecule has 0 radical (unpaired) electrons. The Bertz CT molecular complexity index is 1220. The average molecular weight is 685 g/mol. The van der Waals surface area contributed by atoms with Gasteiger partial charge in [0, 0.05) is 36.5 Å². The number of nitrogens with zero attached hydrogens (tertiary/aromatic N) is 1. The summed E-state index contributed by atoms with van der Waals surface area (Å²) in [6.45, 7) is 3.51. The van der Waals surface area contributed by atoms with E-state index in [0.29, 0.717) is 37.6 Å².